The number of hydrogen-bond donors (Lipinski definition) is 2. The first-order chi connectivity index (χ1) is 8.54. The lowest BCUT2D eigenvalue weighted by Gasteiger charge is -2.23. The molecule has 0 aromatic heterocycles. The molecule has 0 aliphatic heterocycles. The Labute approximate surface area is 109 Å². The summed E-state index contributed by atoms with van der Waals surface area (Å²) in [5, 5.41) is 12.2. The van der Waals surface area contributed by atoms with Gasteiger partial charge in [0.15, 0.2) is 0 Å². The van der Waals surface area contributed by atoms with Gasteiger partial charge in [0.1, 0.15) is 0 Å². The lowest BCUT2D eigenvalue weighted by Crippen LogP contribution is -2.37. The minimum absolute atomic E-state index is 0.105. The summed E-state index contributed by atoms with van der Waals surface area (Å²) in [5.41, 5.74) is -0.794. The monoisotopic (exact) mass is 255 g/mol. The average Bonchev–Trinajstić information content (AvgIpc) is 2.80. The van der Waals surface area contributed by atoms with Crippen LogP contribution in [0.15, 0.2) is 0 Å². The van der Waals surface area contributed by atoms with Crippen molar-refractivity contribution in [2.45, 2.75) is 58.8 Å². The fourth-order valence-corrected chi connectivity index (χ4v) is 2.72. The summed E-state index contributed by atoms with van der Waals surface area (Å²) in [6.07, 6.45) is 5.35. The molecule has 0 bridgehead atoms. The van der Waals surface area contributed by atoms with E-state index in [2.05, 4.69) is 19.2 Å². The molecule has 0 heterocycles. The van der Waals surface area contributed by atoms with Gasteiger partial charge in [0, 0.05) is 13.0 Å². The number of carboxylic acid groups (broad SMARTS) is 1. The third-order valence-electron chi connectivity index (χ3n) is 4.26. The molecule has 0 atom stereocenters. The van der Waals surface area contributed by atoms with Crippen LogP contribution in [0, 0.1) is 11.3 Å². The molecule has 0 radical (unpaired) electrons. The van der Waals surface area contributed by atoms with Crippen LogP contribution >= 0.6 is 0 Å². The van der Waals surface area contributed by atoms with Crippen molar-refractivity contribution in [2.24, 2.45) is 11.3 Å². The van der Waals surface area contributed by atoms with Gasteiger partial charge in [0.05, 0.1) is 5.41 Å². The number of carbonyl (C=O) groups excluding carboxylic acids is 1. The van der Waals surface area contributed by atoms with Crippen molar-refractivity contribution in [1.82, 2.24) is 5.32 Å². The minimum atomic E-state index is -0.808. The Bertz CT molecular complexity index is 291. The summed E-state index contributed by atoms with van der Waals surface area (Å²) in [4.78, 5) is 23.2. The number of carbonyl (C=O) groups is 2. The highest BCUT2D eigenvalue weighted by molar-refractivity contribution is 5.85. The first kappa shape index (κ1) is 15.0. The van der Waals surface area contributed by atoms with Crippen molar-refractivity contribution in [1.29, 1.82) is 0 Å². The fraction of sp³-hybridized carbons (Fsp3) is 0.857. The average molecular weight is 255 g/mol. The molecule has 1 fully saturated rings. The highest BCUT2D eigenvalue weighted by Crippen LogP contribution is 2.41. The van der Waals surface area contributed by atoms with Crippen LogP contribution in [0.5, 0.6) is 0 Å². The molecule has 0 saturated heterocycles. The molecule has 4 heteroatoms. The van der Waals surface area contributed by atoms with Gasteiger partial charge in [0.2, 0.25) is 5.91 Å². The van der Waals surface area contributed by atoms with Crippen molar-refractivity contribution in [3.8, 4) is 0 Å². The Morgan fingerprint density at radius 2 is 1.78 bits per heavy atom. The van der Waals surface area contributed by atoms with Crippen LogP contribution in [0.2, 0.25) is 0 Å². The van der Waals surface area contributed by atoms with Crippen molar-refractivity contribution < 1.29 is 14.7 Å². The number of carboxylic acids is 1. The normalized spacial score (nSPS) is 17.9. The largest absolute Gasteiger partial charge is 0.481 e. The Balaban J connectivity index is 2.45. The number of amides is 1. The third kappa shape index (κ3) is 3.72. The standard InChI is InChI=1S/C14H25NO3/c1-3-11(4-2)10-15-12(16)9-14(13(17)18)7-5-6-8-14/h11H,3-10H2,1-2H3,(H,15,16)(H,17,18). The predicted molar refractivity (Wildman–Crippen MR) is 70.2 cm³/mol. The molecule has 1 amide bonds. The molecular formula is C14H25NO3. The van der Waals surface area contributed by atoms with Gasteiger partial charge in [-0.05, 0) is 18.8 Å². The number of aliphatic carboxylic acids is 1. The van der Waals surface area contributed by atoms with Gasteiger partial charge in [-0.25, -0.2) is 0 Å². The molecule has 1 aliphatic carbocycles. The lowest BCUT2D eigenvalue weighted by atomic mass is 9.82. The highest BCUT2D eigenvalue weighted by Gasteiger charge is 2.42. The quantitative estimate of drug-likeness (QED) is 0.734. The molecule has 0 unspecified atom stereocenters. The molecule has 1 aliphatic rings. The van der Waals surface area contributed by atoms with Crippen LogP contribution in [0.3, 0.4) is 0 Å². The first-order valence-electron chi connectivity index (χ1n) is 7.04. The second kappa shape index (κ2) is 6.76. The van der Waals surface area contributed by atoms with Crippen LogP contribution in [0.1, 0.15) is 58.8 Å². The van der Waals surface area contributed by atoms with Crippen molar-refractivity contribution in [3.05, 3.63) is 0 Å². The topological polar surface area (TPSA) is 66.4 Å². The Hall–Kier alpha value is -1.06. The van der Waals surface area contributed by atoms with Gasteiger partial charge in [-0.3, -0.25) is 9.59 Å². The second-order valence-corrected chi connectivity index (χ2v) is 5.46. The highest BCUT2D eigenvalue weighted by atomic mass is 16.4. The summed E-state index contributed by atoms with van der Waals surface area (Å²) in [7, 11) is 0. The van der Waals surface area contributed by atoms with Crippen LogP contribution in [-0.2, 0) is 9.59 Å². The van der Waals surface area contributed by atoms with Gasteiger partial charge in [-0.1, -0.05) is 39.5 Å². The number of rotatable bonds is 7. The Kier molecular flexibility index (Phi) is 5.63. The van der Waals surface area contributed by atoms with E-state index in [9.17, 15) is 14.7 Å². The van der Waals surface area contributed by atoms with Crippen molar-refractivity contribution in [2.75, 3.05) is 6.54 Å². The fourth-order valence-electron chi connectivity index (χ4n) is 2.72. The van der Waals surface area contributed by atoms with Gasteiger partial charge < -0.3 is 10.4 Å². The lowest BCUT2D eigenvalue weighted by molar-refractivity contribution is -0.151. The molecule has 104 valence electrons. The van der Waals surface area contributed by atoms with E-state index in [-0.39, 0.29) is 12.3 Å². The van der Waals surface area contributed by atoms with Crippen LogP contribution < -0.4 is 5.32 Å². The molecule has 1 rings (SSSR count). The van der Waals surface area contributed by atoms with E-state index in [1.54, 1.807) is 0 Å². The van der Waals surface area contributed by atoms with E-state index in [0.717, 1.165) is 25.7 Å². The molecule has 18 heavy (non-hydrogen) atoms. The Morgan fingerprint density at radius 3 is 2.22 bits per heavy atom. The zero-order valence-electron chi connectivity index (χ0n) is 11.5. The number of hydrogen-bond acceptors (Lipinski definition) is 2. The summed E-state index contributed by atoms with van der Waals surface area (Å²) < 4.78 is 0. The maximum Gasteiger partial charge on any atom is 0.310 e. The third-order valence-corrected chi connectivity index (χ3v) is 4.26. The molecule has 0 aromatic rings. The van der Waals surface area contributed by atoms with Crippen LogP contribution in [0.25, 0.3) is 0 Å². The summed E-state index contributed by atoms with van der Waals surface area (Å²) in [6, 6.07) is 0. The van der Waals surface area contributed by atoms with E-state index < -0.39 is 11.4 Å². The van der Waals surface area contributed by atoms with Crippen molar-refractivity contribution in [3.63, 3.8) is 0 Å². The van der Waals surface area contributed by atoms with Crippen molar-refractivity contribution >= 4 is 11.9 Å². The molecule has 1 saturated carbocycles. The zero-order chi connectivity index (χ0) is 13.6. The maximum absolute atomic E-state index is 11.9. The molecular weight excluding hydrogens is 230 g/mol. The SMILES string of the molecule is CCC(CC)CNC(=O)CC1(C(=O)O)CCCC1. The van der Waals surface area contributed by atoms with E-state index in [1.807, 2.05) is 0 Å². The van der Waals surface area contributed by atoms with Gasteiger partial charge in [0.25, 0.3) is 0 Å². The second-order valence-electron chi connectivity index (χ2n) is 5.46. The van der Waals surface area contributed by atoms with Crippen LogP contribution in [0.4, 0.5) is 0 Å². The minimum Gasteiger partial charge on any atom is -0.481 e. The maximum atomic E-state index is 11.9. The smallest absolute Gasteiger partial charge is 0.310 e. The summed E-state index contributed by atoms with van der Waals surface area (Å²) in [5.74, 6) is -0.415. The van der Waals surface area contributed by atoms with E-state index in [4.69, 9.17) is 0 Å². The molecule has 4 nitrogen and oxygen atoms in total. The Morgan fingerprint density at radius 1 is 1.22 bits per heavy atom. The van der Waals surface area contributed by atoms with Gasteiger partial charge in [-0.15, -0.1) is 0 Å². The van der Waals surface area contributed by atoms with Crippen LogP contribution in [-0.4, -0.2) is 23.5 Å². The first-order valence-corrected chi connectivity index (χ1v) is 7.04. The molecule has 2 N–H and O–H groups in total. The van der Waals surface area contributed by atoms with Gasteiger partial charge >= 0.3 is 5.97 Å². The molecule has 0 spiro atoms. The van der Waals surface area contributed by atoms with E-state index >= 15 is 0 Å². The summed E-state index contributed by atoms with van der Waals surface area (Å²) >= 11 is 0. The van der Waals surface area contributed by atoms with Gasteiger partial charge in [-0.2, -0.15) is 0 Å². The number of nitrogens with one attached hydrogen (secondary N) is 1. The summed E-state index contributed by atoms with van der Waals surface area (Å²) in [6.45, 7) is 4.88. The zero-order valence-corrected chi connectivity index (χ0v) is 11.5. The predicted octanol–water partition coefficient (Wildman–Crippen LogP) is 2.57. The van der Waals surface area contributed by atoms with E-state index in [1.165, 1.54) is 0 Å². The van der Waals surface area contributed by atoms with E-state index in [0.29, 0.717) is 25.3 Å². The molecule has 0 aromatic carbocycles.